The third-order valence-corrected chi connectivity index (χ3v) is 5.28. The first kappa shape index (κ1) is 18.8. The van der Waals surface area contributed by atoms with Gasteiger partial charge in [-0.1, -0.05) is 84.9 Å². The van der Waals surface area contributed by atoms with E-state index in [0.29, 0.717) is 12.3 Å². The summed E-state index contributed by atoms with van der Waals surface area (Å²) in [5.41, 5.74) is 5.05. The monoisotopic (exact) mass is 403 g/mol. The van der Waals surface area contributed by atoms with E-state index in [0.717, 1.165) is 28.2 Å². The number of hydrogen-bond acceptors (Lipinski definition) is 3. The molecule has 4 aromatic rings. The van der Waals surface area contributed by atoms with Gasteiger partial charge in [-0.15, -0.1) is 0 Å². The minimum atomic E-state index is -0.0954. The van der Waals surface area contributed by atoms with E-state index >= 15 is 0 Å². The summed E-state index contributed by atoms with van der Waals surface area (Å²) in [5, 5.41) is 6.72. The Bertz CT molecular complexity index is 1180. The summed E-state index contributed by atoms with van der Waals surface area (Å²) < 4.78 is 0. The van der Waals surface area contributed by atoms with Crippen molar-refractivity contribution in [2.75, 3.05) is 9.91 Å². The predicted molar refractivity (Wildman–Crippen MR) is 126 cm³/mol. The number of amides is 1. The van der Waals surface area contributed by atoms with E-state index in [2.05, 4.69) is 0 Å². The predicted octanol–water partition coefficient (Wildman–Crippen LogP) is 5.78. The quantitative estimate of drug-likeness (QED) is 0.396. The summed E-state index contributed by atoms with van der Waals surface area (Å²) in [6, 6.07) is 37.7. The molecular weight excluding hydrogens is 382 g/mol. The molecule has 1 heterocycles. The number of rotatable bonds is 5. The van der Waals surface area contributed by atoms with Crippen LogP contribution in [0.1, 0.15) is 11.1 Å². The molecule has 0 bridgehead atoms. The lowest BCUT2D eigenvalue weighted by molar-refractivity contribution is -0.112. The Labute approximate surface area is 181 Å². The van der Waals surface area contributed by atoms with Gasteiger partial charge in [-0.25, -0.2) is 5.01 Å². The summed E-state index contributed by atoms with van der Waals surface area (Å²) in [6.07, 6.45) is 0. The fourth-order valence-electron chi connectivity index (χ4n) is 3.78. The van der Waals surface area contributed by atoms with Gasteiger partial charge in [-0.3, -0.25) is 4.79 Å². The molecule has 0 unspecified atom stereocenters. The van der Waals surface area contributed by atoms with Gasteiger partial charge in [0.05, 0.1) is 23.6 Å². The Morgan fingerprint density at radius 1 is 0.645 bits per heavy atom. The van der Waals surface area contributed by atoms with Crippen molar-refractivity contribution in [3.8, 4) is 0 Å². The third-order valence-electron chi connectivity index (χ3n) is 5.28. The lowest BCUT2D eigenvalue weighted by Crippen LogP contribution is -2.30. The Balaban J connectivity index is 1.60. The van der Waals surface area contributed by atoms with Crippen LogP contribution in [0, 0.1) is 0 Å². The van der Waals surface area contributed by atoms with Crippen LogP contribution in [0.25, 0.3) is 0 Å². The number of nitrogens with zero attached hydrogens (tertiary/aromatic N) is 3. The third kappa shape index (κ3) is 3.71. The van der Waals surface area contributed by atoms with Gasteiger partial charge < -0.3 is 4.90 Å². The van der Waals surface area contributed by atoms with Gasteiger partial charge in [0.25, 0.3) is 5.91 Å². The van der Waals surface area contributed by atoms with Crippen molar-refractivity contribution < 1.29 is 4.79 Å². The van der Waals surface area contributed by atoms with Crippen molar-refractivity contribution in [1.29, 1.82) is 0 Å². The second-order valence-corrected chi connectivity index (χ2v) is 7.33. The smallest absolute Gasteiger partial charge is 0.279 e. The molecule has 0 saturated heterocycles. The molecular formula is C27H21N3O. The molecule has 4 heteroatoms. The van der Waals surface area contributed by atoms with Crippen LogP contribution in [-0.2, 0) is 11.3 Å². The minimum Gasteiger partial charge on any atom is -0.302 e. The first-order chi connectivity index (χ1) is 15.3. The van der Waals surface area contributed by atoms with Crippen LogP contribution in [-0.4, -0.2) is 11.6 Å². The number of benzene rings is 4. The van der Waals surface area contributed by atoms with Crippen molar-refractivity contribution in [3.05, 3.63) is 126 Å². The number of para-hydroxylation sites is 3. The molecule has 1 aliphatic heterocycles. The highest BCUT2D eigenvalue weighted by molar-refractivity contribution is 6.54. The lowest BCUT2D eigenvalue weighted by atomic mass is 10.1. The molecule has 150 valence electrons. The standard InChI is InChI=1S/C27H21N3O/c31-27-26(28-30(22-14-6-2-7-15-22)23-16-8-3-9-17-23)24-18-10-11-19-25(24)29(27)20-21-12-4-1-5-13-21/h1-19H,20H2. The van der Waals surface area contributed by atoms with Crippen LogP contribution < -0.4 is 9.91 Å². The zero-order valence-electron chi connectivity index (χ0n) is 16.9. The molecule has 0 atom stereocenters. The number of hydrazone groups is 1. The van der Waals surface area contributed by atoms with E-state index in [-0.39, 0.29) is 5.91 Å². The summed E-state index contributed by atoms with van der Waals surface area (Å²) in [6.45, 7) is 0.506. The Morgan fingerprint density at radius 2 is 1.16 bits per heavy atom. The lowest BCUT2D eigenvalue weighted by Gasteiger charge is -2.20. The number of carbonyl (C=O) groups excluding carboxylic acids is 1. The molecule has 4 nitrogen and oxygen atoms in total. The van der Waals surface area contributed by atoms with E-state index in [4.69, 9.17) is 5.10 Å². The molecule has 4 aromatic carbocycles. The van der Waals surface area contributed by atoms with E-state index in [1.165, 1.54) is 0 Å². The van der Waals surface area contributed by atoms with Crippen molar-refractivity contribution in [1.82, 2.24) is 0 Å². The van der Waals surface area contributed by atoms with Crippen LogP contribution in [0.2, 0.25) is 0 Å². The van der Waals surface area contributed by atoms with Crippen LogP contribution in [0.15, 0.2) is 120 Å². The summed E-state index contributed by atoms with van der Waals surface area (Å²) in [7, 11) is 0. The van der Waals surface area contributed by atoms with Crippen LogP contribution in [0.4, 0.5) is 17.1 Å². The summed E-state index contributed by atoms with van der Waals surface area (Å²) in [4.78, 5) is 15.3. The number of fused-ring (bicyclic) bond motifs is 1. The first-order valence-electron chi connectivity index (χ1n) is 10.3. The highest BCUT2D eigenvalue weighted by atomic mass is 16.2. The average Bonchev–Trinajstić information content (AvgIpc) is 3.10. The van der Waals surface area contributed by atoms with Gasteiger partial charge in [0, 0.05) is 5.56 Å². The summed E-state index contributed by atoms with van der Waals surface area (Å²) in [5.74, 6) is -0.0954. The molecule has 31 heavy (non-hydrogen) atoms. The molecule has 0 fully saturated rings. The topological polar surface area (TPSA) is 35.9 Å². The maximum atomic E-state index is 13.5. The van der Waals surface area contributed by atoms with E-state index < -0.39 is 0 Å². The first-order valence-corrected chi connectivity index (χ1v) is 10.3. The van der Waals surface area contributed by atoms with Crippen molar-refractivity contribution in [3.63, 3.8) is 0 Å². The van der Waals surface area contributed by atoms with Gasteiger partial charge in [0.15, 0.2) is 5.71 Å². The summed E-state index contributed by atoms with van der Waals surface area (Å²) >= 11 is 0. The molecule has 0 saturated carbocycles. The average molecular weight is 403 g/mol. The maximum Gasteiger partial charge on any atom is 0.279 e. The fourth-order valence-corrected chi connectivity index (χ4v) is 3.78. The number of carbonyl (C=O) groups is 1. The molecule has 1 aliphatic rings. The van der Waals surface area contributed by atoms with Crippen molar-refractivity contribution >= 4 is 28.7 Å². The van der Waals surface area contributed by atoms with Gasteiger partial charge >= 0.3 is 0 Å². The Morgan fingerprint density at radius 3 is 1.77 bits per heavy atom. The molecule has 0 radical (unpaired) electrons. The highest BCUT2D eigenvalue weighted by Crippen LogP contribution is 2.33. The molecule has 0 N–H and O–H groups in total. The van der Waals surface area contributed by atoms with Gasteiger partial charge in [-0.05, 0) is 35.9 Å². The molecule has 0 aromatic heterocycles. The largest absolute Gasteiger partial charge is 0.302 e. The van der Waals surface area contributed by atoms with Crippen LogP contribution >= 0.6 is 0 Å². The van der Waals surface area contributed by atoms with Gasteiger partial charge in [0.1, 0.15) is 0 Å². The second kappa shape index (κ2) is 8.28. The zero-order chi connectivity index (χ0) is 21.0. The number of hydrogen-bond donors (Lipinski definition) is 0. The molecule has 0 aliphatic carbocycles. The fraction of sp³-hybridized carbons (Fsp3) is 0.0370. The SMILES string of the molecule is O=C1C(=NN(c2ccccc2)c2ccccc2)c2ccccc2N1Cc1ccccc1. The minimum absolute atomic E-state index is 0.0954. The number of anilines is 3. The molecule has 0 spiro atoms. The normalized spacial score (nSPS) is 14.0. The van der Waals surface area contributed by atoms with Gasteiger partial charge in [0.2, 0.25) is 0 Å². The molecule has 1 amide bonds. The Kier molecular flexibility index (Phi) is 5.03. The van der Waals surface area contributed by atoms with Crippen LogP contribution in [0.3, 0.4) is 0 Å². The maximum absolute atomic E-state index is 13.5. The van der Waals surface area contributed by atoms with Gasteiger partial charge in [-0.2, -0.15) is 5.10 Å². The van der Waals surface area contributed by atoms with E-state index in [1.54, 1.807) is 4.90 Å². The van der Waals surface area contributed by atoms with E-state index in [9.17, 15) is 4.79 Å². The highest BCUT2D eigenvalue weighted by Gasteiger charge is 2.34. The molecule has 5 rings (SSSR count). The van der Waals surface area contributed by atoms with Crippen molar-refractivity contribution in [2.24, 2.45) is 5.10 Å². The zero-order valence-corrected chi connectivity index (χ0v) is 16.9. The van der Waals surface area contributed by atoms with Crippen LogP contribution in [0.5, 0.6) is 0 Å². The van der Waals surface area contributed by atoms with Crippen molar-refractivity contribution in [2.45, 2.75) is 6.54 Å². The Hall–Kier alpha value is -4.18. The van der Waals surface area contributed by atoms with E-state index in [1.807, 2.05) is 120 Å². The second-order valence-electron chi connectivity index (χ2n) is 7.33.